The Kier molecular flexibility index (Phi) is 3.39. The van der Waals surface area contributed by atoms with Gasteiger partial charge in [0, 0.05) is 12.7 Å². The first-order valence-electron chi connectivity index (χ1n) is 3.92. The van der Waals surface area contributed by atoms with E-state index in [2.05, 4.69) is 4.98 Å². The van der Waals surface area contributed by atoms with Crippen LogP contribution in [0.3, 0.4) is 0 Å². The third kappa shape index (κ3) is 2.66. The maximum absolute atomic E-state index is 10.9. The van der Waals surface area contributed by atoms with Gasteiger partial charge in [0.2, 0.25) is 0 Å². The van der Waals surface area contributed by atoms with E-state index in [9.17, 15) is 8.42 Å². The Morgan fingerprint density at radius 3 is 2.64 bits per heavy atom. The Bertz CT molecular complexity index is 378. The van der Waals surface area contributed by atoms with Crippen molar-refractivity contribution in [3.8, 4) is 0 Å². The Labute approximate surface area is 82.2 Å². The molecule has 0 amide bonds. The van der Waals surface area contributed by atoms with Gasteiger partial charge in [-0.3, -0.25) is 4.55 Å². The molecule has 0 spiro atoms. The van der Waals surface area contributed by atoms with Crippen LogP contribution in [0.4, 0.5) is 5.82 Å². The molecule has 6 nitrogen and oxygen atoms in total. The average molecular weight is 217 g/mol. The molecule has 78 valence electrons. The summed E-state index contributed by atoms with van der Waals surface area (Å²) in [5.41, 5.74) is 5.22. The van der Waals surface area contributed by atoms with Gasteiger partial charge >= 0.3 is 10.3 Å². The maximum atomic E-state index is 10.9. The zero-order valence-corrected chi connectivity index (χ0v) is 8.18. The van der Waals surface area contributed by atoms with Crippen molar-refractivity contribution in [2.24, 2.45) is 5.73 Å². The van der Waals surface area contributed by atoms with E-state index in [4.69, 9.17) is 10.3 Å². The maximum Gasteiger partial charge on any atom is 0.361 e. The van der Waals surface area contributed by atoms with Crippen LogP contribution in [0.1, 0.15) is 0 Å². The minimum Gasteiger partial charge on any atom is -0.329 e. The van der Waals surface area contributed by atoms with Crippen LogP contribution >= 0.6 is 0 Å². The third-order valence-electron chi connectivity index (χ3n) is 1.52. The largest absolute Gasteiger partial charge is 0.361 e. The summed E-state index contributed by atoms with van der Waals surface area (Å²) < 4.78 is 31.4. The molecule has 0 bridgehead atoms. The van der Waals surface area contributed by atoms with E-state index in [0.717, 1.165) is 4.31 Å². The topological polar surface area (TPSA) is 96.5 Å². The number of nitrogens with zero attached hydrogens (tertiary/aromatic N) is 2. The van der Waals surface area contributed by atoms with Crippen molar-refractivity contribution in [1.29, 1.82) is 0 Å². The van der Waals surface area contributed by atoms with E-state index < -0.39 is 10.3 Å². The van der Waals surface area contributed by atoms with Crippen molar-refractivity contribution in [1.82, 2.24) is 4.98 Å². The lowest BCUT2D eigenvalue weighted by Gasteiger charge is -2.18. The monoisotopic (exact) mass is 217 g/mol. The summed E-state index contributed by atoms with van der Waals surface area (Å²) >= 11 is 0. The predicted molar refractivity (Wildman–Crippen MR) is 52.2 cm³/mol. The molecule has 0 aliphatic heterocycles. The molecule has 14 heavy (non-hydrogen) atoms. The molecule has 0 atom stereocenters. The smallest absolute Gasteiger partial charge is 0.329 e. The second kappa shape index (κ2) is 4.36. The summed E-state index contributed by atoms with van der Waals surface area (Å²) in [5.74, 6) is 0.153. The van der Waals surface area contributed by atoms with Gasteiger partial charge in [0.1, 0.15) is 5.82 Å². The number of aromatic nitrogens is 1. The first kappa shape index (κ1) is 10.9. The van der Waals surface area contributed by atoms with Crippen LogP contribution < -0.4 is 10.0 Å². The quantitative estimate of drug-likeness (QED) is 0.672. The number of hydrogen-bond acceptors (Lipinski definition) is 4. The zero-order chi connectivity index (χ0) is 10.6. The van der Waals surface area contributed by atoms with Crippen molar-refractivity contribution in [3.05, 3.63) is 24.4 Å². The van der Waals surface area contributed by atoms with E-state index in [1.54, 1.807) is 12.1 Å². The molecular weight excluding hydrogens is 206 g/mol. The van der Waals surface area contributed by atoms with Crippen LogP contribution in [0.15, 0.2) is 24.4 Å². The molecular formula is C7H11N3O3S. The Hall–Kier alpha value is -1.18. The number of hydrogen-bond donors (Lipinski definition) is 2. The van der Waals surface area contributed by atoms with E-state index in [1.165, 1.54) is 12.3 Å². The summed E-state index contributed by atoms with van der Waals surface area (Å²) in [6, 6.07) is 4.74. The molecule has 1 aromatic rings. The molecule has 3 N–H and O–H groups in total. The molecule has 0 fully saturated rings. The molecule has 1 rings (SSSR count). The van der Waals surface area contributed by atoms with Crippen LogP contribution in [0.2, 0.25) is 0 Å². The molecule has 1 aromatic heterocycles. The number of pyridine rings is 1. The van der Waals surface area contributed by atoms with Crippen molar-refractivity contribution in [2.75, 3.05) is 17.4 Å². The highest BCUT2D eigenvalue weighted by atomic mass is 32.2. The average Bonchev–Trinajstić information content (AvgIpc) is 2.14. The summed E-state index contributed by atoms with van der Waals surface area (Å²) in [4.78, 5) is 3.80. The molecule has 0 aliphatic rings. The normalized spacial score (nSPS) is 11.3. The molecule has 0 radical (unpaired) electrons. The van der Waals surface area contributed by atoms with Crippen molar-refractivity contribution in [3.63, 3.8) is 0 Å². The number of anilines is 1. The summed E-state index contributed by atoms with van der Waals surface area (Å²) in [5, 5.41) is 0. The minimum atomic E-state index is -4.29. The molecule has 0 saturated carbocycles. The molecule has 0 aliphatic carbocycles. The molecule has 0 saturated heterocycles. The fourth-order valence-corrected chi connectivity index (χ4v) is 1.65. The van der Waals surface area contributed by atoms with Crippen molar-refractivity contribution in [2.45, 2.75) is 0 Å². The van der Waals surface area contributed by atoms with Gasteiger partial charge in [0.25, 0.3) is 0 Å². The van der Waals surface area contributed by atoms with Crippen LogP contribution in [-0.4, -0.2) is 31.0 Å². The van der Waals surface area contributed by atoms with Gasteiger partial charge in [-0.15, -0.1) is 0 Å². The second-order valence-electron chi connectivity index (χ2n) is 2.53. The number of nitrogens with two attached hydrogens (primary N) is 1. The van der Waals surface area contributed by atoms with Gasteiger partial charge in [-0.25, -0.2) is 9.29 Å². The van der Waals surface area contributed by atoms with Gasteiger partial charge in [-0.2, -0.15) is 8.42 Å². The first-order valence-corrected chi connectivity index (χ1v) is 5.31. The van der Waals surface area contributed by atoms with E-state index >= 15 is 0 Å². The lowest BCUT2D eigenvalue weighted by Crippen LogP contribution is -2.35. The van der Waals surface area contributed by atoms with Gasteiger partial charge in [-0.1, -0.05) is 6.07 Å². The van der Waals surface area contributed by atoms with Gasteiger partial charge in [0.15, 0.2) is 0 Å². The number of rotatable bonds is 4. The SMILES string of the molecule is NCCN(c1ccccn1)S(=O)(=O)O. The highest BCUT2D eigenvalue weighted by Gasteiger charge is 2.19. The summed E-state index contributed by atoms with van der Waals surface area (Å²) in [7, 11) is -4.29. The summed E-state index contributed by atoms with van der Waals surface area (Å²) in [6.07, 6.45) is 1.43. The molecule has 7 heteroatoms. The highest BCUT2D eigenvalue weighted by Crippen LogP contribution is 2.11. The fraction of sp³-hybridized carbons (Fsp3) is 0.286. The van der Waals surface area contributed by atoms with E-state index in [0.29, 0.717) is 0 Å². The minimum absolute atomic E-state index is 0.00412. The van der Waals surface area contributed by atoms with Crippen LogP contribution in [-0.2, 0) is 10.3 Å². The third-order valence-corrected chi connectivity index (χ3v) is 2.44. The van der Waals surface area contributed by atoms with Crippen LogP contribution in [0.5, 0.6) is 0 Å². The van der Waals surface area contributed by atoms with Gasteiger partial charge in [0.05, 0.1) is 6.54 Å². The lowest BCUT2D eigenvalue weighted by atomic mass is 10.4. The lowest BCUT2D eigenvalue weighted by molar-refractivity contribution is 0.477. The van der Waals surface area contributed by atoms with E-state index in [1.807, 2.05) is 0 Å². The van der Waals surface area contributed by atoms with Crippen molar-refractivity contribution >= 4 is 16.1 Å². The molecule has 0 aromatic carbocycles. The van der Waals surface area contributed by atoms with Crippen molar-refractivity contribution < 1.29 is 13.0 Å². The van der Waals surface area contributed by atoms with E-state index in [-0.39, 0.29) is 18.9 Å². The van der Waals surface area contributed by atoms with Crippen LogP contribution in [0.25, 0.3) is 0 Å². The zero-order valence-electron chi connectivity index (χ0n) is 7.37. The summed E-state index contributed by atoms with van der Waals surface area (Å²) in [6.45, 7) is 0.103. The molecule has 1 heterocycles. The first-order chi connectivity index (χ1) is 6.55. The predicted octanol–water partition coefficient (Wildman–Crippen LogP) is -0.350. The second-order valence-corrected chi connectivity index (χ2v) is 3.86. The Morgan fingerprint density at radius 1 is 1.50 bits per heavy atom. The van der Waals surface area contributed by atoms with Crippen LogP contribution in [0, 0.1) is 0 Å². The molecule has 0 unspecified atom stereocenters. The van der Waals surface area contributed by atoms with Gasteiger partial charge < -0.3 is 5.73 Å². The Morgan fingerprint density at radius 2 is 2.21 bits per heavy atom. The standard InChI is InChI=1S/C7H11N3O3S/c8-4-6-10(14(11,12)13)7-3-1-2-5-9-7/h1-3,5H,4,6,8H2,(H,11,12,13). The highest BCUT2D eigenvalue weighted by molar-refractivity contribution is 7.87. The van der Waals surface area contributed by atoms with Gasteiger partial charge in [-0.05, 0) is 12.1 Å². The Balaban J connectivity index is 3.02. The fourth-order valence-electron chi connectivity index (χ4n) is 0.967.